The molecule has 100 valence electrons. The van der Waals surface area contributed by atoms with Crippen molar-refractivity contribution in [2.75, 3.05) is 25.4 Å². The van der Waals surface area contributed by atoms with E-state index in [-0.39, 0.29) is 19.1 Å². The fourth-order valence-corrected chi connectivity index (χ4v) is 1.99. The predicted octanol–water partition coefficient (Wildman–Crippen LogP) is 1.37. The highest BCUT2D eigenvalue weighted by atomic mass is 16.3. The number of benzene rings is 1. The highest BCUT2D eigenvalue weighted by molar-refractivity contribution is 5.98. The Hall–Kier alpha value is -2.27. The minimum atomic E-state index is -0.163. The number of aromatic nitrogens is 1. The first-order chi connectivity index (χ1) is 9.15. The summed E-state index contributed by atoms with van der Waals surface area (Å²) in [5.74, 6) is -0.163. The number of nitrogens with zero attached hydrogens (tertiary/aromatic N) is 1. The molecule has 0 unspecified atom stereocenters. The van der Waals surface area contributed by atoms with Crippen LogP contribution in [0.5, 0.6) is 0 Å². The van der Waals surface area contributed by atoms with E-state index in [4.69, 9.17) is 10.8 Å². The number of carbonyl (C=O) groups excluding carboxylic acids is 1. The number of aliphatic hydroxyl groups excluding tert-OH is 1. The first-order valence-electron chi connectivity index (χ1n) is 6.05. The molecule has 0 aliphatic heterocycles. The Bertz CT molecular complexity index is 604. The molecule has 19 heavy (non-hydrogen) atoms. The Labute approximate surface area is 111 Å². The van der Waals surface area contributed by atoms with Crippen LogP contribution in [0.15, 0.2) is 36.9 Å². The Morgan fingerprint density at radius 2 is 2.26 bits per heavy atom. The van der Waals surface area contributed by atoms with Gasteiger partial charge in [-0.2, -0.15) is 0 Å². The van der Waals surface area contributed by atoms with Gasteiger partial charge in [-0.1, -0.05) is 6.08 Å². The molecule has 1 heterocycles. The van der Waals surface area contributed by atoms with E-state index < -0.39 is 0 Å². The molecule has 0 atom stereocenters. The number of amides is 1. The second-order valence-corrected chi connectivity index (χ2v) is 4.29. The molecule has 1 amide bonds. The van der Waals surface area contributed by atoms with Crippen molar-refractivity contribution in [2.24, 2.45) is 0 Å². The van der Waals surface area contributed by atoms with Gasteiger partial charge >= 0.3 is 0 Å². The number of carbonyl (C=O) groups is 1. The van der Waals surface area contributed by atoms with Crippen LogP contribution in [-0.4, -0.2) is 40.6 Å². The summed E-state index contributed by atoms with van der Waals surface area (Å²) in [4.78, 5) is 16.9. The number of H-pyrrole nitrogens is 1. The molecule has 2 rings (SSSR count). The summed E-state index contributed by atoms with van der Waals surface area (Å²) in [7, 11) is 0. The van der Waals surface area contributed by atoms with E-state index in [9.17, 15) is 4.79 Å². The van der Waals surface area contributed by atoms with Gasteiger partial charge in [-0.15, -0.1) is 6.58 Å². The molecule has 0 aliphatic rings. The van der Waals surface area contributed by atoms with Crippen molar-refractivity contribution >= 4 is 22.5 Å². The summed E-state index contributed by atoms with van der Waals surface area (Å²) >= 11 is 0. The number of nitrogen functional groups attached to an aromatic ring is 1. The van der Waals surface area contributed by atoms with Gasteiger partial charge in [0, 0.05) is 29.7 Å². The van der Waals surface area contributed by atoms with E-state index in [1.165, 1.54) is 4.90 Å². The smallest absolute Gasteiger partial charge is 0.270 e. The van der Waals surface area contributed by atoms with Crippen molar-refractivity contribution < 1.29 is 9.90 Å². The molecular formula is C14H17N3O2. The van der Waals surface area contributed by atoms with Crippen LogP contribution in [0.4, 0.5) is 5.69 Å². The summed E-state index contributed by atoms with van der Waals surface area (Å²) in [6.45, 7) is 4.21. The molecule has 0 saturated carbocycles. The first kappa shape index (κ1) is 13.2. The molecule has 1 aromatic carbocycles. The van der Waals surface area contributed by atoms with Gasteiger partial charge in [0.2, 0.25) is 0 Å². The molecule has 2 aromatic rings. The Morgan fingerprint density at radius 1 is 1.47 bits per heavy atom. The average Bonchev–Trinajstić information content (AvgIpc) is 2.80. The lowest BCUT2D eigenvalue weighted by molar-refractivity contribution is 0.0738. The third kappa shape index (κ3) is 2.77. The molecule has 0 aliphatic carbocycles. The number of fused-ring (bicyclic) bond motifs is 1. The normalized spacial score (nSPS) is 10.6. The molecule has 5 heteroatoms. The summed E-state index contributed by atoms with van der Waals surface area (Å²) < 4.78 is 0. The largest absolute Gasteiger partial charge is 0.399 e. The van der Waals surface area contributed by atoms with Gasteiger partial charge < -0.3 is 20.7 Å². The molecule has 0 fully saturated rings. The van der Waals surface area contributed by atoms with E-state index in [2.05, 4.69) is 11.6 Å². The number of anilines is 1. The van der Waals surface area contributed by atoms with Crippen LogP contribution >= 0.6 is 0 Å². The summed E-state index contributed by atoms with van der Waals surface area (Å²) in [6, 6.07) is 7.20. The van der Waals surface area contributed by atoms with Crippen LogP contribution < -0.4 is 5.73 Å². The maximum absolute atomic E-state index is 12.3. The molecule has 1 aromatic heterocycles. The number of rotatable bonds is 5. The van der Waals surface area contributed by atoms with Crippen LogP contribution in [0.3, 0.4) is 0 Å². The van der Waals surface area contributed by atoms with Gasteiger partial charge in [0.25, 0.3) is 5.91 Å². The van der Waals surface area contributed by atoms with Gasteiger partial charge in [0.1, 0.15) is 5.69 Å². The van der Waals surface area contributed by atoms with Crippen molar-refractivity contribution in [1.29, 1.82) is 0 Å². The van der Waals surface area contributed by atoms with Crippen molar-refractivity contribution in [2.45, 2.75) is 0 Å². The lowest BCUT2D eigenvalue weighted by Crippen LogP contribution is -2.33. The van der Waals surface area contributed by atoms with E-state index in [1.807, 2.05) is 12.1 Å². The van der Waals surface area contributed by atoms with Crippen molar-refractivity contribution in [3.8, 4) is 0 Å². The predicted molar refractivity (Wildman–Crippen MR) is 75.9 cm³/mol. The molecule has 5 nitrogen and oxygen atoms in total. The highest BCUT2D eigenvalue weighted by Gasteiger charge is 2.16. The minimum Gasteiger partial charge on any atom is -0.399 e. The van der Waals surface area contributed by atoms with Gasteiger partial charge in [0.05, 0.1) is 6.61 Å². The number of hydrogen-bond donors (Lipinski definition) is 3. The zero-order valence-electron chi connectivity index (χ0n) is 10.6. The lowest BCUT2D eigenvalue weighted by Gasteiger charge is -2.18. The fourth-order valence-electron chi connectivity index (χ4n) is 1.99. The van der Waals surface area contributed by atoms with E-state index >= 15 is 0 Å². The quantitative estimate of drug-likeness (QED) is 0.560. The third-order valence-corrected chi connectivity index (χ3v) is 2.88. The maximum atomic E-state index is 12.3. The molecule has 0 bridgehead atoms. The molecule has 4 N–H and O–H groups in total. The van der Waals surface area contributed by atoms with E-state index in [0.29, 0.717) is 17.9 Å². The zero-order chi connectivity index (χ0) is 13.8. The monoisotopic (exact) mass is 259 g/mol. The summed E-state index contributed by atoms with van der Waals surface area (Å²) in [5, 5.41) is 9.87. The Morgan fingerprint density at radius 3 is 2.95 bits per heavy atom. The Kier molecular flexibility index (Phi) is 3.87. The van der Waals surface area contributed by atoms with Crippen molar-refractivity contribution in [3.05, 3.63) is 42.6 Å². The van der Waals surface area contributed by atoms with Crippen LogP contribution in [0.25, 0.3) is 10.9 Å². The molecule has 0 saturated heterocycles. The summed E-state index contributed by atoms with van der Waals surface area (Å²) in [5.41, 5.74) is 7.71. The SMILES string of the molecule is C=CCN(CCO)C(=O)c1cc2cc(N)ccc2[nH]1. The second-order valence-electron chi connectivity index (χ2n) is 4.29. The zero-order valence-corrected chi connectivity index (χ0v) is 10.6. The number of nitrogens with one attached hydrogen (secondary N) is 1. The topological polar surface area (TPSA) is 82.3 Å². The standard InChI is InChI=1S/C14H17N3O2/c1-2-5-17(6-7-18)14(19)13-9-10-8-11(15)3-4-12(10)16-13/h2-4,8-9,16,18H,1,5-7,15H2. The molecule has 0 radical (unpaired) electrons. The summed E-state index contributed by atoms with van der Waals surface area (Å²) in [6.07, 6.45) is 1.63. The number of aromatic amines is 1. The molecule has 0 spiro atoms. The third-order valence-electron chi connectivity index (χ3n) is 2.88. The van der Waals surface area contributed by atoms with Crippen LogP contribution in [0.1, 0.15) is 10.5 Å². The Balaban J connectivity index is 2.31. The highest BCUT2D eigenvalue weighted by Crippen LogP contribution is 2.19. The second kappa shape index (κ2) is 5.58. The van der Waals surface area contributed by atoms with Gasteiger partial charge in [-0.05, 0) is 24.3 Å². The average molecular weight is 259 g/mol. The molecular weight excluding hydrogens is 242 g/mol. The van der Waals surface area contributed by atoms with Crippen molar-refractivity contribution in [3.63, 3.8) is 0 Å². The van der Waals surface area contributed by atoms with Crippen LogP contribution in [0, 0.1) is 0 Å². The number of aliphatic hydroxyl groups is 1. The lowest BCUT2D eigenvalue weighted by atomic mass is 10.2. The van der Waals surface area contributed by atoms with Crippen molar-refractivity contribution in [1.82, 2.24) is 9.88 Å². The fraction of sp³-hybridized carbons (Fsp3) is 0.214. The first-order valence-corrected chi connectivity index (χ1v) is 6.05. The number of hydrogen-bond acceptors (Lipinski definition) is 3. The van der Waals surface area contributed by atoms with E-state index in [0.717, 1.165) is 10.9 Å². The van der Waals surface area contributed by atoms with Gasteiger partial charge in [-0.25, -0.2) is 0 Å². The van der Waals surface area contributed by atoms with Crippen LogP contribution in [-0.2, 0) is 0 Å². The van der Waals surface area contributed by atoms with Gasteiger partial charge in [0.15, 0.2) is 0 Å². The van der Waals surface area contributed by atoms with E-state index in [1.54, 1.807) is 18.2 Å². The minimum absolute atomic E-state index is 0.0766. The van der Waals surface area contributed by atoms with Crippen LogP contribution in [0.2, 0.25) is 0 Å². The number of nitrogens with two attached hydrogens (primary N) is 1. The maximum Gasteiger partial charge on any atom is 0.270 e. The van der Waals surface area contributed by atoms with Gasteiger partial charge in [-0.3, -0.25) is 4.79 Å².